The first kappa shape index (κ1) is 17.0. The summed E-state index contributed by atoms with van der Waals surface area (Å²) in [6.07, 6.45) is -0.107. The number of carboxylic acids is 1. The quantitative estimate of drug-likeness (QED) is 0.672. The molecule has 0 saturated carbocycles. The summed E-state index contributed by atoms with van der Waals surface area (Å²) in [4.78, 5) is 33.3. The third kappa shape index (κ3) is 7.98. The molecular weight excluding hydrogens is 292 g/mol. The van der Waals surface area contributed by atoms with Crippen LogP contribution in [0.1, 0.15) is 12.0 Å². The van der Waals surface area contributed by atoms with E-state index in [1.165, 1.54) is 11.8 Å². The van der Waals surface area contributed by atoms with Crippen LogP contribution in [-0.2, 0) is 14.4 Å². The number of hydrogen-bond donors (Lipinski definition) is 3. The third-order valence-corrected chi connectivity index (χ3v) is 3.40. The number of amides is 2. The Kier molecular flexibility index (Phi) is 7.31. The van der Waals surface area contributed by atoms with E-state index in [0.717, 1.165) is 11.3 Å². The lowest BCUT2D eigenvalue weighted by Crippen LogP contribution is -2.28. The topological polar surface area (TPSA) is 95.5 Å². The Labute approximate surface area is 127 Å². The lowest BCUT2D eigenvalue weighted by Gasteiger charge is -2.06. The second-order valence-corrected chi connectivity index (χ2v) is 5.39. The highest BCUT2D eigenvalue weighted by Gasteiger charge is 2.06. The van der Waals surface area contributed by atoms with Crippen molar-refractivity contribution in [3.05, 3.63) is 29.8 Å². The smallest absolute Gasteiger partial charge is 0.305 e. The van der Waals surface area contributed by atoms with Crippen molar-refractivity contribution in [3.63, 3.8) is 0 Å². The summed E-state index contributed by atoms with van der Waals surface area (Å²) in [6, 6.07) is 7.43. The molecule has 0 aliphatic heterocycles. The predicted molar refractivity (Wildman–Crippen MR) is 82.4 cm³/mol. The Bertz CT molecular complexity index is 502. The molecule has 0 aliphatic carbocycles. The van der Waals surface area contributed by atoms with E-state index in [2.05, 4.69) is 10.6 Å². The van der Waals surface area contributed by atoms with Crippen LogP contribution in [0.4, 0.5) is 5.69 Å². The molecule has 0 spiro atoms. The number of rotatable bonds is 8. The van der Waals surface area contributed by atoms with Gasteiger partial charge in [-0.25, -0.2) is 0 Å². The average molecular weight is 310 g/mol. The van der Waals surface area contributed by atoms with Gasteiger partial charge in [0.1, 0.15) is 0 Å². The number of hydrogen-bond acceptors (Lipinski definition) is 4. The van der Waals surface area contributed by atoms with Gasteiger partial charge in [0.25, 0.3) is 0 Å². The molecule has 0 unspecified atom stereocenters. The van der Waals surface area contributed by atoms with E-state index in [0.29, 0.717) is 0 Å². The Balaban J connectivity index is 2.17. The standard InChI is InChI=1S/C14H18N2O4S/c1-10-2-4-11(5-3-10)16-13(18)9-21-8-12(17)15-7-6-14(19)20/h2-5H,6-9H2,1H3,(H,15,17)(H,16,18)(H,19,20). The summed E-state index contributed by atoms with van der Waals surface area (Å²) in [7, 11) is 0. The van der Waals surface area contributed by atoms with E-state index in [-0.39, 0.29) is 36.3 Å². The number of anilines is 1. The SMILES string of the molecule is Cc1ccc(NC(=O)CSCC(=O)NCCC(=O)O)cc1. The van der Waals surface area contributed by atoms with Gasteiger partial charge in [-0.1, -0.05) is 17.7 Å². The molecule has 0 saturated heterocycles. The Morgan fingerprint density at radius 2 is 1.71 bits per heavy atom. The molecule has 0 atom stereocenters. The van der Waals surface area contributed by atoms with Crippen molar-refractivity contribution in [3.8, 4) is 0 Å². The van der Waals surface area contributed by atoms with Crippen molar-refractivity contribution in [2.75, 3.05) is 23.4 Å². The second kappa shape index (κ2) is 9.02. The van der Waals surface area contributed by atoms with E-state index in [1.807, 2.05) is 31.2 Å². The third-order valence-electron chi connectivity index (χ3n) is 2.46. The van der Waals surface area contributed by atoms with Gasteiger partial charge in [-0.15, -0.1) is 11.8 Å². The maximum absolute atomic E-state index is 11.6. The molecule has 0 aromatic heterocycles. The van der Waals surface area contributed by atoms with Gasteiger partial charge in [0.2, 0.25) is 11.8 Å². The highest BCUT2D eigenvalue weighted by Crippen LogP contribution is 2.09. The molecule has 1 aromatic rings. The Hall–Kier alpha value is -2.02. The molecule has 0 fully saturated rings. The summed E-state index contributed by atoms with van der Waals surface area (Å²) < 4.78 is 0. The van der Waals surface area contributed by atoms with Gasteiger partial charge in [0.15, 0.2) is 0 Å². The molecule has 1 aromatic carbocycles. The minimum Gasteiger partial charge on any atom is -0.481 e. The zero-order valence-electron chi connectivity index (χ0n) is 11.7. The second-order valence-electron chi connectivity index (χ2n) is 4.40. The van der Waals surface area contributed by atoms with Gasteiger partial charge in [0.05, 0.1) is 17.9 Å². The molecule has 1 rings (SSSR count). The Morgan fingerprint density at radius 1 is 1.10 bits per heavy atom. The summed E-state index contributed by atoms with van der Waals surface area (Å²) in [5.41, 5.74) is 1.83. The molecule has 114 valence electrons. The summed E-state index contributed by atoms with van der Waals surface area (Å²) in [5, 5.41) is 13.6. The fourth-order valence-electron chi connectivity index (χ4n) is 1.43. The fourth-order valence-corrected chi connectivity index (χ4v) is 2.08. The molecule has 0 heterocycles. The van der Waals surface area contributed by atoms with E-state index in [9.17, 15) is 14.4 Å². The Morgan fingerprint density at radius 3 is 2.33 bits per heavy atom. The number of aliphatic carboxylic acids is 1. The minimum atomic E-state index is -0.958. The number of benzene rings is 1. The molecule has 0 aliphatic rings. The van der Waals surface area contributed by atoms with Gasteiger partial charge in [0, 0.05) is 12.2 Å². The van der Waals surface area contributed by atoms with E-state index < -0.39 is 5.97 Å². The number of aryl methyl sites for hydroxylation is 1. The van der Waals surface area contributed by atoms with Gasteiger partial charge < -0.3 is 15.7 Å². The maximum Gasteiger partial charge on any atom is 0.305 e. The van der Waals surface area contributed by atoms with E-state index in [1.54, 1.807) is 0 Å². The summed E-state index contributed by atoms with van der Waals surface area (Å²) in [6.45, 7) is 2.06. The molecule has 7 heteroatoms. The van der Waals surface area contributed by atoms with Gasteiger partial charge in [-0.3, -0.25) is 14.4 Å². The van der Waals surface area contributed by atoms with Crippen LogP contribution in [0.2, 0.25) is 0 Å². The minimum absolute atomic E-state index is 0.101. The zero-order valence-corrected chi connectivity index (χ0v) is 12.5. The zero-order chi connectivity index (χ0) is 15.7. The largest absolute Gasteiger partial charge is 0.481 e. The summed E-state index contributed by atoms with van der Waals surface area (Å²) >= 11 is 1.18. The fraction of sp³-hybridized carbons (Fsp3) is 0.357. The highest BCUT2D eigenvalue weighted by atomic mass is 32.2. The molecule has 0 bridgehead atoms. The number of carbonyl (C=O) groups is 3. The van der Waals surface area contributed by atoms with Gasteiger partial charge in [-0.2, -0.15) is 0 Å². The van der Waals surface area contributed by atoms with Crippen LogP contribution in [0.3, 0.4) is 0 Å². The van der Waals surface area contributed by atoms with Crippen LogP contribution in [0.15, 0.2) is 24.3 Å². The van der Waals surface area contributed by atoms with Gasteiger partial charge >= 0.3 is 5.97 Å². The molecule has 3 N–H and O–H groups in total. The normalized spacial score (nSPS) is 9.95. The van der Waals surface area contributed by atoms with Crippen molar-refractivity contribution in [2.45, 2.75) is 13.3 Å². The lowest BCUT2D eigenvalue weighted by atomic mass is 10.2. The van der Waals surface area contributed by atoms with Crippen LogP contribution < -0.4 is 10.6 Å². The van der Waals surface area contributed by atoms with Crippen LogP contribution in [-0.4, -0.2) is 40.9 Å². The number of carbonyl (C=O) groups excluding carboxylic acids is 2. The van der Waals surface area contributed by atoms with Gasteiger partial charge in [-0.05, 0) is 19.1 Å². The van der Waals surface area contributed by atoms with E-state index in [4.69, 9.17) is 5.11 Å². The predicted octanol–water partition coefficient (Wildman–Crippen LogP) is 1.26. The van der Waals surface area contributed by atoms with Crippen LogP contribution in [0, 0.1) is 6.92 Å². The molecule has 6 nitrogen and oxygen atoms in total. The van der Waals surface area contributed by atoms with Crippen molar-refractivity contribution in [1.82, 2.24) is 5.32 Å². The van der Waals surface area contributed by atoms with Crippen molar-refractivity contribution >= 4 is 35.2 Å². The van der Waals surface area contributed by atoms with Crippen molar-refractivity contribution in [1.29, 1.82) is 0 Å². The first-order chi connectivity index (χ1) is 9.97. The first-order valence-corrected chi connectivity index (χ1v) is 7.55. The van der Waals surface area contributed by atoms with Crippen LogP contribution >= 0.6 is 11.8 Å². The first-order valence-electron chi connectivity index (χ1n) is 6.40. The number of thioether (sulfide) groups is 1. The molecule has 21 heavy (non-hydrogen) atoms. The summed E-state index contributed by atoms with van der Waals surface area (Å²) in [5.74, 6) is -1.12. The number of nitrogens with one attached hydrogen (secondary N) is 2. The monoisotopic (exact) mass is 310 g/mol. The van der Waals surface area contributed by atoms with Crippen molar-refractivity contribution in [2.24, 2.45) is 0 Å². The molecule has 2 amide bonds. The average Bonchev–Trinajstić information content (AvgIpc) is 2.41. The molecule has 0 radical (unpaired) electrons. The van der Waals surface area contributed by atoms with Crippen LogP contribution in [0.25, 0.3) is 0 Å². The van der Waals surface area contributed by atoms with Crippen LogP contribution in [0.5, 0.6) is 0 Å². The highest BCUT2D eigenvalue weighted by molar-refractivity contribution is 8.00. The number of carboxylic acid groups (broad SMARTS) is 1. The lowest BCUT2D eigenvalue weighted by molar-refractivity contribution is -0.136. The maximum atomic E-state index is 11.6. The van der Waals surface area contributed by atoms with Crippen molar-refractivity contribution < 1.29 is 19.5 Å². The molecular formula is C14H18N2O4S. The van der Waals surface area contributed by atoms with E-state index >= 15 is 0 Å².